The Morgan fingerprint density at radius 3 is 2.70 bits per heavy atom. The molecule has 0 spiro atoms. The van der Waals surface area contributed by atoms with Crippen molar-refractivity contribution in [3.05, 3.63) is 18.2 Å². The van der Waals surface area contributed by atoms with Crippen molar-refractivity contribution in [1.29, 1.82) is 0 Å². The molecule has 0 unspecified atom stereocenters. The molecule has 2 aliphatic heterocycles. The normalized spacial score (nSPS) is 21.1. The van der Waals surface area contributed by atoms with Crippen LogP contribution in [0.5, 0.6) is 0 Å². The zero-order chi connectivity index (χ0) is 23.4. The fourth-order valence-corrected chi connectivity index (χ4v) is 4.01. The number of amides is 1. The number of hydrogen-bond donors (Lipinski definition) is 3. The van der Waals surface area contributed by atoms with Crippen LogP contribution in [0.1, 0.15) is 12.8 Å². The van der Waals surface area contributed by atoms with Crippen LogP contribution in [0.25, 0.3) is 11.3 Å². The summed E-state index contributed by atoms with van der Waals surface area (Å²) in [5, 5.41) is 13.3. The molecule has 0 aromatic carbocycles. The minimum absolute atomic E-state index is 0.00251. The molecule has 2 saturated heterocycles. The maximum absolute atomic E-state index is 15.7. The Labute approximate surface area is 189 Å². The lowest BCUT2D eigenvalue weighted by Crippen LogP contribution is -2.57. The van der Waals surface area contributed by atoms with Crippen LogP contribution in [0.4, 0.5) is 26.9 Å². The number of likely N-dealkylation sites (tertiary alicyclic amines) is 1. The van der Waals surface area contributed by atoms with Crippen LogP contribution in [0.15, 0.2) is 12.4 Å². The molecule has 4 heterocycles. The van der Waals surface area contributed by atoms with Gasteiger partial charge in [-0.1, -0.05) is 0 Å². The number of carbonyl (C=O) groups is 1. The number of morpholine rings is 1. The van der Waals surface area contributed by atoms with Crippen molar-refractivity contribution >= 4 is 23.8 Å². The van der Waals surface area contributed by atoms with E-state index in [1.165, 1.54) is 24.4 Å². The summed E-state index contributed by atoms with van der Waals surface area (Å²) in [6.45, 7) is 2.37. The molecule has 13 heteroatoms. The van der Waals surface area contributed by atoms with Gasteiger partial charge in [0.2, 0.25) is 11.9 Å². The number of piperidine rings is 1. The number of aliphatic hydroxyl groups excluding tert-OH is 1. The number of nitrogen functional groups attached to an aromatic ring is 1. The third kappa shape index (κ3) is 4.88. The summed E-state index contributed by atoms with van der Waals surface area (Å²) >= 11 is 0. The third-order valence-corrected chi connectivity index (χ3v) is 5.77. The predicted molar refractivity (Wildman–Crippen MR) is 117 cm³/mol. The fraction of sp³-hybridized carbons (Fsp3) is 0.550. The number of hydrogen-bond acceptors (Lipinski definition) is 11. The van der Waals surface area contributed by atoms with Crippen LogP contribution in [-0.4, -0.2) is 94.7 Å². The average Bonchev–Trinajstić information content (AvgIpc) is 2.86. The molecule has 2 aromatic rings. The molecule has 1 atom stereocenters. The highest BCUT2D eigenvalue weighted by Gasteiger charge is 2.39. The molecule has 0 bridgehead atoms. The van der Waals surface area contributed by atoms with Gasteiger partial charge in [0.25, 0.3) is 0 Å². The number of halogens is 1. The van der Waals surface area contributed by atoms with E-state index in [1.54, 1.807) is 0 Å². The minimum atomic E-state index is -1.00. The number of ether oxygens (including phenoxy) is 2. The zero-order valence-corrected chi connectivity index (χ0v) is 18.3. The summed E-state index contributed by atoms with van der Waals surface area (Å²) < 4.78 is 25.9. The van der Waals surface area contributed by atoms with Gasteiger partial charge in [0.1, 0.15) is 5.69 Å². The quantitative estimate of drug-likeness (QED) is 0.569. The van der Waals surface area contributed by atoms with E-state index in [2.05, 4.69) is 25.3 Å². The van der Waals surface area contributed by atoms with Crippen LogP contribution < -0.4 is 16.0 Å². The van der Waals surface area contributed by atoms with Gasteiger partial charge in [0.15, 0.2) is 11.6 Å². The van der Waals surface area contributed by atoms with E-state index in [9.17, 15) is 9.90 Å². The van der Waals surface area contributed by atoms with Gasteiger partial charge < -0.3 is 35.4 Å². The molecule has 0 aliphatic carbocycles. The summed E-state index contributed by atoms with van der Waals surface area (Å²) in [4.78, 5) is 32.2. The van der Waals surface area contributed by atoms with E-state index in [0.29, 0.717) is 57.2 Å². The van der Waals surface area contributed by atoms with E-state index in [4.69, 9.17) is 15.2 Å². The Kier molecular flexibility index (Phi) is 6.70. The van der Waals surface area contributed by atoms with Crippen LogP contribution in [0.3, 0.4) is 0 Å². The maximum Gasteiger partial charge on any atom is 0.409 e. The summed E-state index contributed by atoms with van der Waals surface area (Å²) in [6, 6.07) is 0. The number of aromatic nitrogens is 4. The Morgan fingerprint density at radius 2 is 2.03 bits per heavy atom. The van der Waals surface area contributed by atoms with Gasteiger partial charge in [-0.3, -0.25) is 0 Å². The molecule has 0 saturated carbocycles. The van der Waals surface area contributed by atoms with E-state index < -0.39 is 17.4 Å². The second kappa shape index (κ2) is 9.67. The zero-order valence-electron chi connectivity index (χ0n) is 18.3. The number of anilines is 3. The van der Waals surface area contributed by atoms with E-state index in [1.807, 2.05) is 4.90 Å². The van der Waals surface area contributed by atoms with E-state index in [-0.39, 0.29) is 30.6 Å². The van der Waals surface area contributed by atoms with Gasteiger partial charge in [-0.25, -0.2) is 24.1 Å². The fourth-order valence-electron chi connectivity index (χ4n) is 4.01. The number of nitrogens with two attached hydrogens (primary N) is 1. The van der Waals surface area contributed by atoms with Crippen LogP contribution >= 0.6 is 0 Å². The first-order valence-electron chi connectivity index (χ1n) is 10.6. The second-order valence-electron chi connectivity index (χ2n) is 8.02. The Hall–Kier alpha value is -3.32. The molecule has 0 radical (unpaired) electrons. The number of nitrogens with zero attached hydrogens (tertiary/aromatic N) is 6. The van der Waals surface area contributed by atoms with Crippen molar-refractivity contribution in [2.24, 2.45) is 0 Å². The maximum atomic E-state index is 15.7. The highest BCUT2D eigenvalue weighted by atomic mass is 19.1. The Balaban J connectivity index is 1.73. The minimum Gasteiger partial charge on any atom is -0.453 e. The van der Waals surface area contributed by atoms with Crippen molar-refractivity contribution in [3.63, 3.8) is 0 Å². The number of aliphatic hydroxyl groups is 1. The second-order valence-corrected chi connectivity index (χ2v) is 8.02. The van der Waals surface area contributed by atoms with Gasteiger partial charge in [-0.15, -0.1) is 0 Å². The van der Waals surface area contributed by atoms with Crippen molar-refractivity contribution in [2.75, 3.05) is 69.1 Å². The SMILES string of the molecule is COC(=O)N1CCC[C@](CO)(Nc2nc(N3CCOCC3)nc(-c3cnc(N)nc3)c2F)C1. The number of carbonyl (C=O) groups excluding carboxylic acids is 1. The monoisotopic (exact) mass is 462 g/mol. The summed E-state index contributed by atoms with van der Waals surface area (Å²) in [5.41, 5.74) is 4.91. The van der Waals surface area contributed by atoms with E-state index >= 15 is 4.39 Å². The molecule has 4 N–H and O–H groups in total. The van der Waals surface area contributed by atoms with Crippen molar-refractivity contribution in [2.45, 2.75) is 18.4 Å². The van der Waals surface area contributed by atoms with Crippen LogP contribution in [0.2, 0.25) is 0 Å². The molecule has 1 amide bonds. The topological polar surface area (TPSA) is 152 Å². The molecule has 12 nitrogen and oxygen atoms in total. The molecule has 33 heavy (non-hydrogen) atoms. The van der Waals surface area contributed by atoms with Crippen molar-refractivity contribution in [3.8, 4) is 11.3 Å². The molecule has 4 rings (SSSR count). The van der Waals surface area contributed by atoms with Crippen LogP contribution in [-0.2, 0) is 9.47 Å². The Bertz CT molecular complexity index is 989. The van der Waals surface area contributed by atoms with E-state index in [0.717, 1.165) is 0 Å². The highest BCUT2D eigenvalue weighted by molar-refractivity contribution is 5.68. The van der Waals surface area contributed by atoms with Crippen molar-refractivity contribution in [1.82, 2.24) is 24.8 Å². The first-order chi connectivity index (χ1) is 15.9. The first-order valence-corrected chi connectivity index (χ1v) is 10.6. The predicted octanol–water partition coefficient (Wildman–Crippen LogP) is 0.497. The smallest absolute Gasteiger partial charge is 0.409 e. The molecule has 178 valence electrons. The molecular formula is C20H27FN8O4. The first kappa shape index (κ1) is 22.9. The Morgan fingerprint density at radius 1 is 1.30 bits per heavy atom. The lowest BCUT2D eigenvalue weighted by atomic mass is 9.89. The number of rotatable bonds is 5. The molecular weight excluding hydrogens is 435 g/mol. The molecule has 2 aliphatic rings. The number of nitrogens with one attached hydrogen (secondary N) is 1. The van der Waals surface area contributed by atoms with Crippen LogP contribution in [0, 0.1) is 5.82 Å². The molecule has 2 aromatic heterocycles. The molecule has 2 fully saturated rings. The van der Waals surface area contributed by atoms with Gasteiger partial charge in [0, 0.05) is 44.1 Å². The average molecular weight is 462 g/mol. The largest absolute Gasteiger partial charge is 0.453 e. The lowest BCUT2D eigenvalue weighted by Gasteiger charge is -2.42. The summed E-state index contributed by atoms with van der Waals surface area (Å²) in [6.07, 6.45) is 3.38. The van der Waals surface area contributed by atoms with Gasteiger partial charge >= 0.3 is 6.09 Å². The van der Waals surface area contributed by atoms with Gasteiger partial charge in [-0.2, -0.15) is 4.98 Å². The standard InChI is InChI=1S/C20H27FN8O4/c1-32-19(31)29-4-2-3-20(11-29,12-30)27-16-14(21)15(13-9-23-17(22)24-10-13)25-18(26-16)28-5-7-33-8-6-28/h9-10,30H,2-8,11-12H2,1H3,(H2,22,23,24)(H,25,26,27)/t20-/m0/s1. The number of methoxy groups -OCH3 is 1. The lowest BCUT2D eigenvalue weighted by molar-refractivity contribution is 0.0803. The van der Waals surface area contributed by atoms with Gasteiger partial charge in [0.05, 0.1) is 32.5 Å². The van der Waals surface area contributed by atoms with Crippen molar-refractivity contribution < 1.29 is 23.8 Å². The highest BCUT2D eigenvalue weighted by Crippen LogP contribution is 2.32. The summed E-state index contributed by atoms with van der Waals surface area (Å²) in [7, 11) is 1.30. The third-order valence-electron chi connectivity index (χ3n) is 5.77. The van der Waals surface area contributed by atoms with Gasteiger partial charge in [-0.05, 0) is 12.8 Å². The summed E-state index contributed by atoms with van der Waals surface area (Å²) in [5.74, 6) is -0.436.